The normalized spacial score (nSPS) is 11.9. The summed E-state index contributed by atoms with van der Waals surface area (Å²) in [6.07, 6.45) is 0. The van der Waals surface area contributed by atoms with E-state index in [1.807, 2.05) is 6.92 Å². The lowest BCUT2D eigenvalue weighted by atomic mass is 10.1. The minimum atomic E-state index is -0.549. The van der Waals surface area contributed by atoms with Crippen LogP contribution in [0.25, 0.3) is 0 Å². The third-order valence-corrected chi connectivity index (χ3v) is 2.44. The molecule has 1 aromatic carbocycles. The lowest BCUT2D eigenvalue weighted by Crippen LogP contribution is -2.00. The Hall–Kier alpha value is -1.29. The van der Waals surface area contributed by atoms with Gasteiger partial charge in [-0.2, -0.15) is 4.91 Å². The van der Waals surface area contributed by atoms with Gasteiger partial charge < -0.3 is 9.47 Å². The van der Waals surface area contributed by atoms with Gasteiger partial charge in [0.1, 0.15) is 6.04 Å². The summed E-state index contributed by atoms with van der Waals surface area (Å²) < 4.78 is 10.5. The summed E-state index contributed by atoms with van der Waals surface area (Å²) in [5.74, 6) is 1.38. The van der Waals surface area contributed by atoms with Gasteiger partial charge in [0.05, 0.1) is 19.6 Å². The van der Waals surface area contributed by atoms with Crippen LogP contribution in [0.3, 0.4) is 0 Å². The molecule has 0 aliphatic heterocycles. The molecule has 1 atom stereocenters. The number of hydrogen-bond acceptors (Lipinski definition) is 4. The van der Waals surface area contributed by atoms with Crippen LogP contribution in [-0.2, 0) is 0 Å². The molecule has 0 aliphatic rings. The Kier molecular flexibility index (Phi) is 5.05. The van der Waals surface area contributed by atoms with Gasteiger partial charge in [-0.15, -0.1) is 11.6 Å². The summed E-state index contributed by atoms with van der Waals surface area (Å²) in [6, 6.07) is 4.68. The van der Waals surface area contributed by atoms with E-state index in [1.54, 1.807) is 25.3 Å². The molecule has 0 unspecified atom stereocenters. The van der Waals surface area contributed by atoms with Gasteiger partial charge in [0.2, 0.25) is 0 Å². The average Bonchev–Trinajstić information content (AvgIpc) is 2.31. The number of nitrogens with zero attached hydrogens (tertiary/aromatic N) is 1. The molecule has 0 aliphatic carbocycles. The Bertz CT molecular complexity index is 357. The number of methoxy groups -OCH3 is 1. The molecule has 88 valence electrons. The zero-order chi connectivity index (χ0) is 12.0. The highest BCUT2D eigenvalue weighted by molar-refractivity contribution is 6.18. The Morgan fingerprint density at radius 3 is 2.69 bits per heavy atom. The Labute approximate surface area is 99.5 Å². The predicted octanol–water partition coefficient (Wildman–Crippen LogP) is 3.14. The summed E-state index contributed by atoms with van der Waals surface area (Å²) in [5.41, 5.74) is 0.731. The number of rotatable bonds is 6. The van der Waals surface area contributed by atoms with Crippen LogP contribution in [0.2, 0.25) is 0 Å². The summed E-state index contributed by atoms with van der Waals surface area (Å²) in [6.45, 7) is 2.41. The molecule has 0 radical (unpaired) electrons. The van der Waals surface area contributed by atoms with Crippen molar-refractivity contribution >= 4 is 11.6 Å². The van der Waals surface area contributed by atoms with E-state index in [0.29, 0.717) is 18.1 Å². The van der Waals surface area contributed by atoms with E-state index >= 15 is 0 Å². The van der Waals surface area contributed by atoms with Crippen LogP contribution in [-0.4, -0.2) is 19.6 Å². The van der Waals surface area contributed by atoms with E-state index in [1.165, 1.54) is 0 Å². The molecule has 0 fully saturated rings. The van der Waals surface area contributed by atoms with Crippen LogP contribution >= 0.6 is 11.6 Å². The van der Waals surface area contributed by atoms with Crippen LogP contribution < -0.4 is 9.47 Å². The minimum Gasteiger partial charge on any atom is -0.493 e. The second-order valence-electron chi connectivity index (χ2n) is 3.12. The molecule has 1 rings (SSSR count). The van der Waals surface area contributed by atoms with Crippen molar-refractivity contribution in [1.29, 1.82) is 0 Å². The fourth-order valence-corrected chi connectivity index (χ4v) is 1.58. The van der Waals surface area contributed by atoms with Crippen molar-refractivity contribution in [2.75, 3.05) is 19.6 Å². The fourth-order valence-electron chi connectivity index (χ4n) is 1.35. The number of nitroso groups, excluding NO2 is 1. The maximum atomic E-state index is 10.6. The third kappa shape index (κ3) is 2.85. The Morgan fingerprint density at radius 1 is 1.44 bits per heavy atom. The van der Waals surface area contributed by atoms with Gasteiger partial charge in [-0.3, -0.25) is 0 Å². The molecular weight excluding hydrogens is 230 g/mol. The lowest BCUT2D eigenvalue weighted by molar-refractivity contribution is 0.310. The van der Waals surface area contributed by atoms with Crippen molar-refractivity contribution in [3.8, 4) is 11.5 Å². The van der Waals surface area contributed by atoms with Gasteiger partial charge in [-0.05, 0) is 24.6 Å². The first-order valence-corrected chi connectivity index (χ1v) is 5.49. The molecule has 16 heavy (non-hydrogen) atoms. The van der Waals surface area contributed by atoms with E-state index in [2.05, 4.69) is 5.18 Å². The zero-order valence-corrected chi connectivity index (χ0v) is 10.0. The molecule has 1 aromatic rings. The molecule has 4 nitrogen and oxygen atoms in total. The van der Waals surface area contributed by atoms with Gasteiger partial charge in [0.25, 0.3) is 0 Å². The molecule has 5 heteroatoms. The topological polar surface area (TPSA) is 47.9 Å². The van der Waals surface area contributed by atoms with Crippen molar-refractivity contribution in [1.82, 2.24) is 0 Å². The second-order valence-corrected chi connectivity index (χ2v) is 3.43. The van der Waals surface area contributed by atoms with E-state index in [-0.39, 0.29) is 5.88 Å². The molecular formula is C11H14ClNO3. The summed E-state index contributed by atoms with van der Waals surface area (Å²) >= 11 is 5.64. The Morgan fingerprint density at radius 2 is 2.19 bits per heavy atom. The first-order valence-electron chi connectivity index (χ1n) is 4.96. The molecule has 0 heterocycles. The van der Waals surface area contributed by atoms with E-state index in [0.717, 1.165) is 5.56 Å². The second kappa shape index (κ2) is 6.33. The Balaban J connectivity index is 3.04. The highest BCUT2D eigenvalue weighted by atomic mass is 35.5. The highest BCUT2D eigenvalue weighted by Gasteiger charge is 2.13. The standard InChI is InChI=1S/C11H14ClNO3/c1-3-16-11-6-8(9(7-12)13-14)4-5-10(11)15-2/h4-6,9H,3,7H2,1-2H3/t9-/m0/s1. The number of benzene rings is 1. The van der Waals surface area contributed by atoms with Crippen LogP contribution in [0.1, 0.15) is 18.5 Å². The highest BCUT2D eigenvalue weighted by Crippen LogP contribution is 2.31. The minimum absolute atomic E-state index is 0.154. The van der Waals surface area contributed by atoms with Crippen molar-refractivity contribution in [3.05, 3.63) is 28.7 Å². The van der Waals surface area contributed by atoms with Crippen molar-refractivity contribution in [2.45, 2.75) is 13.0 Å². The van der Waals surface area contributed by atoms with E-state index in [9.17, 15) is 4.91 Å². The average molecular weight is 244 g/mol. The first-order chi connectivity index (χ1) is 7.76. The van der Waals surface area contributed by atoms with Gasteiger partial charge in [-0.25, -0.2) is 0 Å². The first kappa shape index (κ1) is 12.8. The van der Waals surface area contributed by atoms with Crippen LogP contribution in [0.5, 0.6) is 11.5 Å². The van der Waals surface area contributed by atoms with Gasteiger partial charge in [-0.1, -0.05) is 11.2 Å². The van der Waals surface area contributed by atoms with Gasteiger partial charge in [0, 0.05) is 0 Å². The lowest BCUT2D eigenvalue weighted by Gasteiger charge is -2.12. The largest absolute Gasteiger partial charge is 0.493 e. The fraction of sp³-hybridized carbons (Fsp3) is 0.455. The monoisotopic (exact) mass is 243 g/mol. The smallest absolute Gasteiger partial charge is 0.161 e. The molecule has 0 saturated carbocycles. The van der Waals surface area contributed by atoms with Crippen LogP contribution in [0.15, 0.2) is 23.4 Å². The van der Waals surface area contributed by atoms with Crippen molar-refractivity contribution in [3.63, 3.8) is 0 Å². The van der Waals surface area contributed by atoms with Crippen LogP contribution in [0.4, 0.5) is 0 Å². The van der Waals surface area contributed by atoms with Crippen LogP contribution in [0, 0.1) is 4.91 Å². The van der Waals surface area contributed by atoms with E-state index < -0.39 is 6.04 Å². The molecule has 0 spiro atoms. The van der Waals surface area contributed by atoms with Crippen molar-refractivity contribution in [2.24, 2.45) is 5.18 Å². The zero-order valence-electron chi connectivity index (χ0n) is 9.27. The maximum Gasteiger partial charge on any atom is 0.161 e. The van der Waals surface area contributed by atoms with Gasteiger partial charge >= 0.3 is 0 Å². The third-order valence-electron chi connectivity index (χ3n) is 2.15. The maximum absolute atomic E-state index is 10.6. The number of alkyl halides is 1. The summed E-state index contributed by atoms with van der Waals surface area (Å²) in [5, 5.41) is 2.96. The molecule has 0 bridgehead atoms. The van der Waals surface area contributed by atoms with Crippen molar-refractivity contribution < 1.29 is 9.47 Å². The molecule has 0 N–H and O–H groups in total. The number of ether oxygens (including phenoxy) is 2. The molecule has 0 saturated heterocycles. The molecule has 0 amide bonds. The molecule has 0 aromatic heterocycles. The number of hydrogen-bond donors (Lipinski definition) is 0. The predicted molar refractivity (Wildman–Crippen MR) is 63.4 cm³/mol. The van der Waals surface area contributed by atoms with Gasteiger partial charge in [0.15, 0.2) is 11.5 Å². The summed E-state index contributed by atoms with van der Waals surface area (Å²) in [7, 11) is 1.56. The SMILES string of the molecule is CCOc1cc([C@H](CCl)N=O)ccc1OC. The van der Waals surface area contributed by atoms with E-state index in [4.69, 9.17) is 21.1 Å². The quantitative estimate of drug-likeness (QED) is 0.570. The summed E-state index contributed by atoms with van der Waals surface area (Å²) in [4.78, 5) is 10.6. The number of halogens is 1.